The lowest BCUT2D eigenvalue weighted by Gasteiger charge is -2.25. The molecule has 0 bridgehead atoms. The second-order valence-corrected chi connectivity index (χ2v) is 5.22. The molecule has 0 radical (unpaired) electrons. The summed E-state index contributed by atoms with van der Waals surface area (Å²) < 4.78 is 39.8. The molecule has 0 spiro atoms. The van der Waals surface area contributed by atoms with Crippen LogP contribution < -0.4 is 5.32 Å². The molecule has 0 aliphatic carbocycles. The number of aliphatic hydroxyl groups is 1. The van der Waals surface area contributed by atoms with Gasteiger partial charge in [-0.1, -0.05) is 25.1 Å². The van der Waals surface area contributed by atoms with Gasteiger partial charge in [-0.25, -0.2) is 13.2 Å². The largest absolute Gasteiger partial charge is 0.508 e. The van der Waals surface area contributed by atoms with E-state index in [4.69, 9.17) is 0 Å². The fourth-order valence-corrected chi connectivity index (χ4v) is 2.48. The van der Waals surface area contributed by atoms with Crippen LogP contribution in [0, 0.1) is 17.5 Å². The number of phenols is 1. The zero-order valence-electron chi connectivity index (χ0n) is 12.6. The van der Waals surface area contributed by atoms with E-state index in [1.54, 1.807) is 18.2 Å². The van der Waals surface area contributed by atoms with E-state index in [-0.39, 0.29) is 17.4 Å². The molecule has 0 amide bonds. The topological polar surface area (TPSA) is 52.5 Å². The molecule has 2 aromatic carbocycles. The summed E-state index contributed by atoms with van der Waals surface area (Å²) in [5, 5.41) is 22.5. The van der Waals surface area contributed by atoms with Crippen LogP contribution in [0.5, 0.6) is 5.75 Å². The third-order valence-corrected chi connectivity index (χ3v) is 3.71. The number of benzene rings is 2. The minimum absolute atomic E-state index is 0.0833. The summed E-state index contributed by atoms with van der Waals surface area (Å²) in [5.41, 5.74) is 0.703. The van der Waals surface area contributed by atoms with Crippen LogP contribution in [0.3, 0.4) is 0 Å². The van der Waals surface area contributed by atoms with Crippen LogP contribution in [0.4, 0.5) is 13.2 Å². The molecular formula is C17H18F3NO2. The Labute approximate surface area is 132 Å². The first-order chi connectivity index (χ1) is 11.0. The zero-order valence-corrected chi connectivity index (χ0v) is 12.6. The van der Waals surface area contributed by atoms with Crippen molar-refractivity contribution in [2.45, 2.75) is 25.4 Å². The summed E-state index contributed by atoms with van der Waals surface area (Å²) in [5.74, 6) is -4.08. The smallest absolute Gasteiger partial charge is 0.194 e. The Kier molecular flexibility index (Phi) is 5.63. The summed E-state index contributed by atoms with van der Waals surface area (Å²) in [6.45, 7) is 1.43. The van der Waals surface area contributed by atoms with Crippen molar-refractivity contribution in [1.82, 2.24) is 5.32 Å². The number of aromatic hydroxyl groups is 1. The predicted octanol–water partition coefficient (Wildman–Crippen LogP) is 3.58. The SMILES string of the molecule is CCC(NC(CO)c1cc(F)c(F)c(F)c1)c1ccccc1O. The number of phenolic OH excluding ortho intramolecular Hbond substituents is 1. The summed E-state index contributed by atoms with van der Waals surface area (Å²) in [6.07, 6.45) is 0.570. The van der Waals surface area contributed by atoms with Gasteiger partial charge in [0.2, 0.25) is 0 Å². The highest BCUT2D eigenvalue weighted by molar-refractivity contribution is 5.35. The maximum absolute atomic E-state index is 13.4. The maximum Gasteiger partial charge on any atom is 0.194 e. The molecule has 0 aliphatic heterocycles. The lowest BCUT2D eigenvalue weighted by atomic mass is 10.00. The van der Waals surface area contributed by atoms with E-state index in [1.807, 2.05) is 6.92 Å². The van der Waals surface area contributed by atoms with E-state index in [0.29, 0.717) is 12.0 Å². The Hall–Kier alpha value is -2.05. The third kappa shape index (κ3) is 3.83. The molecule has 2 unspecified atom stereocenters. The highest BCUT2D eigenvalue weighted by atomic mass is 19.2. The lowest BCUT2D eigenvalue weighted by Crippen LogP contribution is -2.29. The van der Waals surface area contributed by atoms with Crippen LogP contribution in [-0.4, -0.2) is 16.8 Å². The normalized spacial score (nSPS) is 13.8. The van der Waals surface area contributed by atoms with Crippen LogP contribution in [0.2, 0.25) is 0 Å². The van der Waals surface area contributed by atoms with Gasteiger partial charge in [0.05, 0.1) is 12.6 Å². The first kappa shape index (κ1) is 17.3. The van der Waals surface area contributed by atoms with Gasteiger partial charge in [-0.05, 0) is 30.2 Å². The van der Waals surface area contributed by atoms with Crippen LogP contribution in [-0.2, 0) is 0 Å². The average molecular weight is 325 g/mol. The second-order valence-electron chi connectivity index (χ2n) is 5.22. The molecule has 0 saturated carbocycles. The minimum atomic E-state index is -1.54. The molecule has 0 heterocycles. The Balaban J connectivity index is 2.29. The summed E-state index contributed by atoms with van der Waals surface area (Å²) in [7, 11) is 0. The molecule has 0 aliphatic rings. The van der Waals surface area contributed by atoms with Gasteiger partial charge in [0.25, 0.3) is 0 Å². The third-order valence-electron chi connectivity index (χ3n) is 3.71. The molecule has 2 atom stereocenters. The van der Waals surface area contributed by atoms with Gasteiger partial charge in [-0.3, -0.25) is 0 Å². The zero-order chi connectivity index (χ0) is 17.0. The highest BCUT2D eigenvalue weighted by Gasteiger charge is 2.21. The van der Waals surface area contributed by atoms with E-state index < -0.39 is 30.1 Å². The highest BCUT2D eigenvalue weighted by Crippen LogP contribution is 2.29. The molecule has 0 aromatic heterocycles. The monoisotopic (exact) mass is 325 g/mol. The van der Waals surface area contributed by atoms with E-state index in [2.05, 4.69) is 5.32 Å². The predicted molar refractivity (Wildman–Crippen MR) is 80.4 cm³/mol. The van der Waals surface area contributed by atoms with Crippen molar-refractivity contribution in [3.63, 3.8) is 0 Å². The summed E-state index contributed by atoms with van der Waals surface area (Å²) >= 11 is 0. The van der Waals surface area contributed by atoms with Crippen molar-refractivity contribution >= 4 is 0 Å². The molecule has 23 heavy (non-hydrogen) atoms. The number of para-hydroxylation sites is 1. The quantitative estimate of drug-likeness (QED) is 0.712. The molecule has 124 valence electrons. The average Bonchev–Trinajstić information content (AvgIpc) is 2.54. The molecule has 0 saturated heterocycles. The van der Waals surface area contributed by atoms with E-state index >= 15 is 0 Å². The van der Waals surface area contributed by atoms with Gasteiger partial charge in [0, 0.05) is 11.6 Å². The number of hydrogen-bond acceptors (Lipinski definition) is 3. The Morgan fingerprint density at radius 3 is 2.17 bits per heavy atom. The van der Waals surface area contributed by atoms with Crippen molar-refractivity contribution in [3.05, 3.63) is 65.0 Å². The molecular weight excluding hydrogens is 307 g/mol. The standard InChI is InChI=1S/C17H18F3NO2/c1-2-14(11-5-3-4-6-16(11)23)21-15(9-22)10-7-12(18)17(20)13(19)8-10/h3-8,14-15,21-23H,2,9H2,1H3. The maximum atomic E-state index is 13.4. The Bertz CT molecular complexity index is 656. The van der Waals surface area contributed by atoms with Gasteiger partial charge >= 0.3 is 0 Å². The van der Waals surface area contributed by atoms with E-state index in [1.165, 1.54) is 6.07 Å². The van der Waals surface area contributed by atoms with Gasteiger partial charge in [0.15, 0.2) is 17.5 Å². The fourth-order valence-electron chi connectivity index (χ4n) is 2.48. The van der Waals surface area contributed by atoms with Gasteiger partial charge in [0.1, 0.15) is 5.75 Å². The van der Waals surface area contributed by atoms with Crippen molar-refractivity contribution in [2.24, 2.45) is 0 Å². The van der Waals surface area contributed by atoms with Crippen molar-refractivity contribution in [2.75, 3.05) is 6.61 Å². The number of aliphatic hydroxyl groups excluding tert-OH is 1. The first-order valence-electron chi connectivity index (χ1n) is 7.27. The van der Waals surface area contributed by atoms with Crippen molar-refractivity contribution in [3.8, 4) is 5.75 Å². The van der Waals surface area contributed by atoms with Gasteiger partial charge < -0.3 is 15.5 Å². The summed E-state index contributed by atoms with van der Waals surface area (Å²) in [4.78, 5) is 0. The molecule has 3 N–H and O–H groups in total. The van der Waals surface area contributed by atoms with Crippen LogP contribution in [0.25, 0.3) is 0 Å². The lowest BCUT2D eigenvalue weighted by molar-refractivity contribution is 0.230. The Morgan fingerprint density at radius 2 is 1.65 bits per heavy atom. The van der Waals surface area contributed by atoms with Gasteiger partial charge in [-0.2, -0.15) is 0 Å². The van der Waals surface area contributed by atoms with Crippen LogP contribution >= 0.6 is 0 Å². The molecule has 2 aromatic rings. The molecule has 0 fully saturated rings. The van der Waals surface area contributed by atoms with Crippen LogP contribution in [0.1, 0.15) is 36.6 Å². The second kappa shape index (κ2) is 7.48. The van der Waals surface area contributed by atoms with Gasteiger partial charge in [-0.15, -0.1) is 0 Å². The number of nitrogens with one attached hydrogen (secondary N) is 1. The van der Waals surface area contributed by atoms with Crippen LogP contribution in [0.15, 0.2) is 36.4 Å². The van der Waals surface area contributed by atoms with Crippen molar-refractivity contribution in [1.29, 1.82) is 0 Å². The minimum Gasteiger partial charge on any atom is -0.508 e. The number of hydrogen-bond donors (Lipinski definition) is 3. The summed E-state index contributed by atoms with van der Waals surface area (Å²) in [6, 6.07) is 7.24. The van der Waals surface area contributed by atoms with E-state index in [0.717, 1.165) is 12.1 Å². The molecule has 3 nitrogen and oxygen atoms in total. The number of halogens is 3. The first-order valence-corrected chi connectivity index (χ1v) is 7.27. The van der Waals surface area contributed by atoms with Crippen molar-refractivity contribution < 1.29 is 23.4 Å². The Morgan fingerprint density at radius 1 is 1.04 bits per heavy atom. The van der Waals surface area contributed by atoms with E-state index in [9.17, 15) is 23.4 Å². The fraction of sp³-hybridized carbons (Fsp3) is 0.294. The molecule has 2 rings (SSSR count). The molecule has 6 heteroatoms. The number of rotatable bonds is 6.